The van der Waals surface area contributed by atoms with Crippen molar-refractivity contribution in [3.8, 4) is 0 Å². The van der Waals surface area contributed by atoms with Crippen molar-refractivity contribution >= 4 is 28.0 Å². The summed E-state index contributed by atoms with van der Waals surface area (Å²) in [6.45, 7) is -0.113. The number of carbonyl (C=O) groups is 2. The largest absolute Gasteiger partial charge is 0.468 e. The van der Waals surface area contributed by atoms with E-state index in [-0.39, 0.29) is 23.8 Å². The molecular formula is C21H19NO8S. The molecule has 9 nitrogen and oxygen atoms in total. The van der Waals surface area contributed by atoms with Crippen molar-refractivity contribution in [2.24, 2.45) is 0 Å². The van der Waals surface area contributed by atoms with Gasteiger partial charge in [-0.15, -0.1) is 0 Å². The van der Waals surface area contributed by atoms with E-state index in [1.165, 1.54) is 49.8 Å². The average Bonchev–Trinajstić information content (AvgIpc) is 3.47. The molecule has 2 heterocycles. The molecule has 0 saturated heterocycles. The van der Waals surface area contributed by atoms with Gasteiger partial charge in [0, 0.05) is 6.08 Å². The lowest BCUT2D eigenvalue weighted by atomic mass is 10.2. The topological polar surface area (TPSA) is 125 Å². The molecule has 162 valence electrons. The van der Waals surface area contributed by atoms with Crippen molar-refractivity contribution in [2.45, 2.75) is 18.0 Å². The Balaban J connectivity index is 1.52. The first kappa shape index (κ1) is 22.1. The molecule has 0 saturated carbocycles. The van der Waals surface area contributed by atoms with E-state index < -0.39 is 22.0 Å². The monoisotopic (exact) mass is 445 g/mol. The van der Waals surface area contributed by atoms with Crippen molar-refractivity contribution in [2.75, 3.05) is 7.11 Å². The summed E-state index contributed by atoms with van der Waals surface area (Å²) in [6.07, 6.45) is 4.14. The third kappa shape index (κ3) is 6.17. The smallest absolute Gasteiger partial charge is 0.373 e. The van der Waals surface area contributed by atoms with Crippen molar-refractivity contribution in [1.82, 2.24) is 4.72 Å². The maximum absolute atomic E-state index is 12.3. The number of benzene rings is 1. The Hall–Kier alpha value is -3.63. The number of sulfonamides is 1. The molecule has 31 heavy (non-hydrogen) atoms. The minimum absolute atomic E-state index is 0.0118. The Bertz CT molecular complexity index is 1160. The molecule has 1 N–H and O–H groups in total. The first-order valence-corrected chi connectivity index (χ1v) is 10.5. The third-order valence-electron chi connectivity index (χ3n) is 4.02. The summed E-state index contributed by atoms with van der Waals surface area (Å²) >= 11 is 0. The lowest BCUT2D eigenvalue weighted by Crippen LogP contribution is -2.22. The van der Waals surface area contributed by atoms with E-state index >= 15 is 0 Å². The second-order valence-corrected chi connectivity index (χ2v) is 7.94. The number of nitrogens with one attached hydrogen (secondary N) is 1. The van der Waals surface area contributed by atoms with Gasteiger partial charge in [0.1, 0.15) is 18.1 Å². The van der Waals surface area contributed by atoms with Crippen LogP contribution in [0.5, 0.6) is 0 Å². The van der Waals surface area contributed by atoms with Crippen LogP contribution in [-0.2, 0) is 37.4 Å². The fourth-order valence-electron chi connectivity index (χ4n) is 2.44. The van der Waals surface area contributed by atoms with Crippen molar-refractivity contribution in [1.29, 1.82) is 0 Å². The summed E-state index contributed by atoms with van der Waals surface area (Å²) in [4.78, 5) is 23.3. The molecule has 0 atom stereocenters. The summed E-state index contributed by atoms with van der Waals surface area (Å²) < 4.78 is 46.9. The van der Waals surface area contributed by atoms with Crippen LogP contribution in [0.2, 0.25) is 0 Å². The predicted octanol–water partition coefficient (Wildman–Crippen LogP) is 2.89. The highest BCUT2D eigenvalue weighted by atomic mass is 32.2. The molecule has 0 unspecified atom stereocenters. The molecule has 3 aromatic rings. The zero-order valence-corrected chi connectivity index (χ0v) is 17.3. The molecule has 3 rings (SSSR count). The minimum atomic E-state index is -3.70. The highest BCUT2D eigenvalue weighted by Gasteiger charge is 2.14. The van der Waals surface area contributed by atoms with Gasteiger partial charge in [0.05, 0.1) is 24.8 Å². The van der Waals surface area contributed by atoms with Crippen LogP contribution >= 0.6 is 0 Å². The molecule has 2 aromatic heterocycles. The molecule has 0 amide bonds. The van der Waals surface area contributed by atoms with E-state index in [2.05, 4.69) is 9.46 Å². The second-order valence-electron chi connectivity index (χ2n) is 6.17. The Morgan fingerprint density at radius 3 is 2.52 bits per heavy atom. The van der Waals surface area contributed by atoms with E-state index in [0.29, 0.717) is 17.1 Å². The number of rotatable bonds is 9. The van der Waals surface area contributed by atoms with Gasteiger partial charge in [-0.05, 0) is 48.0 Å². The van der Waals surface area contributed by atoms with Crippen LogP contribution in [0, 0.1) is 0 Å². The lowest BCUT2D eigenvalue weighted by molar-refractivity contribution is -0.139. The number of esters is 2. The molecule has 0 spiro atoms. The van der Waals surface area contributed by atoms with E-state index in [4.69, 9.17) is 13.6 Å². The van der Waals surface area contributed by atoms with Gasteiger partial charge in [-0.1, -0.05) is 12.1 Å². The van der Waals surface area contributed by atoms with Gasteiger partial charge < -0.3 is 18.3 Å². The number of ether oxygens (including phenoxy) is 2. The molecule has 0 aliphatic rings. The van der Waals surface area contributed by atoms with Crippen LogP contribution in [0.1, 0.15) is 27.6 Å². The maximum atomic E-state index is 12.3. The Kier molecular flexibility index (Phi) is 7.06. The van der Waals surface area contributed by atoms with E-state index in [9.17, 15) is 18.0 Å². The van der Waals surface area contributed by atoms with Crippen molar-refractivity contribution in [3.05, 3.63) is 83.7 Å². The molecule has 0 aliphatic heterocycles. The summed E-state index contributed by atoms with van der Waals surface area (Å²) in [7, 11) is -2.47. The molecule has 0 radical (unpaired) electrons. The van der Waals surface area contributed by atoms with Gasteiger partial charge in [0.25, 0.3) is 0 Å². The average molecular weight is 445 g/mol. The fourth-order valence-corrected chi connectivity index (χ4v) is 3.43. The number of furan rings is 2. The van der Waals surface area contributed by atoms with E-state index in [0.717, 1.165) is 0 Å². The highest BCUT2D eigenvalue weighted by molar-refractivity contribution is 7.89. The second kappa shape index (κ2) is 9.92. The van der Waals surface area contributed by atoms with Gasteiger partial charge in [-0.25, -0.2) is 22.7 Å². The predicted molar refractivity (Wildman–Crippen MR) is 108 cm³/mol. The summed E-state index contributed by atoms with van der Waals surface area (Å²) in [5.74, 6) is -0.457. The van der Waals surface area contributed by atoms with Crippen LogP contribution in [0.3, 0.4) is 0 Å². The van der Waals surface area contributed by atoms with Crippen molar-refractivity contribution < 1.29 is 36.3 Å². The SMILES string of the molecule is COC(=O)c1ccc(COC(=O)/C=C/c2ccc(S(=O)(=O)NCc3ccco3)cc2)o1. The van der Waals surface area contributed by atoms with Gasteiger partial charge >= 0.3 is 11.9 Å². The molecule has 0 aliphatic carbocycles. The zero-order chi connectivity index (χ0) is 22.3. The Morgan fingerprint density at radius 2 is 1.84 bits per heavy atom. The Labute approximate surface area is 178 Å². The maximum Gasteiger partial charge on any atom is 0.373 e. The van der Waals surface area contributed by atoms with Crippen LogP contribution in [-0.4, -0.2) is 27.5 Å². The Morgan fingerprint density at radius 1 is 1.06 bits per heavy atom. The number of methoxy groups -OCH3 is 1. The summed E-state index contributed by atoms with van der Waals surface area (Å²) in [5, 5.41) is 0. The van der Waals surface area contributed by atoms with Gasteiger partial charge in [-0.2, -0.15) is 0 Å². The molecule has 0 fully saturated rings. The van der Waals surface area contributed by atoms with E-state index in [1.54, 1.807) is 24.3 Å². The molecule has 1 aromatic carbocycles. The first-order valence-electron chi connectivity index (χ1n) is 9.01. The number of hydrogen-bond acceptors (Lipinski definition) is 8. The number of hydrogen-bond donors (Lipinski definition) is 1. The first-order chi connectivity index (χ1) is 14.9. The normalized spacial score (nSPS) is 11.5. The van der Waals surface area contributed by atoms with Gasteiger partial charge in [0.2, 0.25) is 15.8 Å². The van der Waals surface area contributed by atoms with Gasteiger partial charge in [-0.3, -0.25) is 0 Å². The standard InChI is InChI=1S/C21H19NO8S/c1-27-21(24)19-10-7-17(30-19)14-29-20(23)11-6-15-4-8-18(9-5-15)31(25,26)22-13-16-3-2-12-28-16/h2-12,22H,13-14H2,1H3/b11-6+. The third-order valence-corrected chi connectivity index (χ3v) is 5.44. The van der Waals surface area contributed by atoms with Crippen LogP contribution in [0.4, 0.5) is 0 Å². The van der Waals surface area contributed by atoms with Crippen molar-refractivity contribution in [3.63, 3.8) is 0 Å². The van der Waals surface area contributed by atoms with Crippen LogP contribution < -0.4 is 4.72 Å². The summed E-state index contributed by atoms with van der Waals surface area (Å²) in [5.41, 5.74) is 0.605. The molecule has 0 bridgehead atoms. The van der Waals surface area contributed by atoms with Gasteiger partial charge in [0.15, 0.2) is 0 Å². The molecular weight excluding hydrogens is 426 g/mol. The number of carbonyl (C=O) groups excluding carboxylic acids is 2. The van der Waals surface area contributed by atoms with Crippen LogP contribution in [0.25, 0.3) is 6.08 Å². The molecule has 10 heteroatoms. The summed E-state index contributed by atoms with van der Waals surface area (Å²) in [6, 6.07) is 12.2. The zero-order valence-electron chi connectivity index (χ0n) is 16.4. The quantitative estimate of drug-likeness (QED) is 0.394. The lowest BCUT2D eigenvalue weighted by Gasteiger charge is -2.05. The minimum Gasteiger partial charge on any atom is -0.468 e. The van der Waals surface area contributed by atoms with E-state index in [1.807, 2.05) is 0 Å². The highest BCUT2D eigenvalue weighted by Crippen LogP contribution is 2.13. The fraction of sp³-hybridized carbons (Fsp3) is 0.143. The van der Waals surface area contributed by atoms with Crippen LogP contribution in [0.15, 0.2) is 74.6 Å².